The predicted molar refractivity (Wildman–Crippen MR) is 75.6 cm³/mol. The monoisotopic (exact) mass is 295 g/mol. The van der Waals surface area contributed by atoms with Crippen LogP contribution in [0.4, 0.5) is 5.82 Å². The quantitative estimate of drug-likeness (QED) is 0.884. The van der Waals surface area contributed by atoms with Gasteiger partial charge in [0.05, 0.1) is 6.42 Å². The van der Waals surface area contributed by atoms with Gasteiger partial charge in [-0.05, 0) is 12.5 Å². The van der Waals surface area contributed by atoms with Gasteiger partial charge in [0.2, 0.25) is 5.91 Å². The van der Waals surface area contributed by atoms with Crippen LogP contribution in [0.15, 0.2) is 30.6 Å². The third-order valence-corrected chi connectivity index (χ3v) is 3.19. The number of aryl methyl sites for hydroxylation is 1. The van der Waals surface area contributed by atoms with Gasteiger partial charge in [-0.1, -0.05) is 53.0 Å². The van der Waals surface area contributed by atoms with E-state index < -0.39 is 0 Å². The number of halogens is 2. The lowest BCUT2D eigenvalue weighted by molar-refractivity contribution is -0.115. The van der Waals surface area contributed by atoms with Gasteiger partial charge in [0, 0.05) is 0 Å². The number of benzene rings is 1. The van der Waals surface area contributed by atoms with Crippen molar-refractivity contribution in [3.05, 3.63) is 51.9 Å². The molecule has 19 heavy (non-hydrogen) atoms. The molecule has 0 aliphatic heterocycles. The number of anilines is 1. The van der Waals surface area contributed by atoms with Crippen molar-refractivity contribution < 1.29 is 4.79 Å². The number of nitrogens with zero attached hydrogens (tertiary/aromatic N) is 2. The van der Waals surface area contributed by atoms with E-state index in [2.05, 4.69) is 15.3 Å². The molecule has 0 bridgehead atoms. The number of nitrogens with one attached hydrogen (secondary N) is 1. The zero-order valence-corrected chi connectivity index (χ0v) is 11.7. The predicted octanol–water partition coefficient (Wildman–Crippen LogP) is 3.27. The molecular weight excluding hydrogens is 285 g/mol. The molecule has 0 fully saturated rings. The highest BCUT2D eigenvalue weighted by atomic mass is 35.5. The molecule has 0 radical (unpaired) electrons. The molecule has 0 spiro atoms. The Morgan fingerprint density at radius 1 is 1.32 bits per heavy atom. The van der Waals surface area contributed by atoms with Gasteiger partial charge in [-0.25, -0.2) is 9.97 Å². The standard InChI is InChI=1S/C13H11Cl2N3O/c1-8-3-2-4-9(5-8)6-10(19)18-13-11(14)12(15)16-7-17-13/h2-5,7H,6H2,1H3,(H,16,17,18,19). The molecule has 4 nitrogen and oxygen atoms in total. The Hall–Kier alpha value is -1.65. The van der Waals surface area contributed by atoms with E-state index in [1.807, 2.05) is 31.2 Å². The Morgan fingerprint density at radius 3 is 2.84 bits per heavy atom. The van der Waals surface area contributed by atoms with Crippen molar-refractivity contribution in [2.75, 3.05) is 5.32 Å². The number of hydrogen-bond donors (Lipinski definition) is 1. The second kappa shape index (κ2) is 5.99. The van der Waals surface area contributed by atoms with Crippen molar-refractivity contribution in [1.82, 2.24) is 9.97 Å². The molecule has 1 aromatic heterocycles. The fourth-order valence-electron chi connectivity index (χ4n) is 1.62. The topological polar surface area (TPSA) is 54.9 Å². The first-order valence-electron chi connectivity index (χ1n) is 5.57. The maximum absolute atomic E-state index is 11.9. The summed E-state index contributed by atoms with van der Waals surface area (Å²) in [5, 5.41) is 2.87. The van der Waals surface area contributed by atoms with Crippen LogP contribution < -0.4 is 5.32 Å². The number of carbonyl (C=O) groups is 1. The van der Waals surface area contributed by atoms with Crippen LogP contribution in [-0.4, -0.2) is 15.9 Å². The number of hydrogen-bond acceptors (Lipinski definition) is 3. The summed E-state index contributed by atoms with van der Waals surface area (Å²) in [6, 6.07) is 7.73. The highest BCUT2D eigenvalue weighted by molar-refractivity contribution is 6.42. The Labute approximate surface area is 120 Å². The Balaban J connectivity index is 2.08. The second-order valence-electron chi connectivity index (χ2n) is 4.04. The van der Waals surface area contributed by atoms with E-state index in [4.69, 9.17) is 23.2 Å². The smallest absolute Gasteiger partial charge is 0.229 e. The summed E-state index contributed by atoms with van der Waals surface area (Å²) in [6.45, 7) is 1.97. The van der Waals surface area contributed by atoms with Crippen molar-refractivity contribution in [3.63, 3.8) is 0 Å². The van der Waals surface area contributed by atoms with Gasteiger partial charge in [0.1, 0.15) is 11.3 Å². The van der Waals surface area contributed by atoms with Gasteiger partial charge in [-0.15, -0.1) is 0 Å². The highest BCUT2D eigenvalue weighted by Gasteiger charge is 2.11. The average Bonchev–Trinajstić information content (AvgIpc) is 2.35. The molecule has 1 N–H and O–H groups in total. The molecule has 1 amide bonds. The molecule has 2 rings (SSSR count). The minimum atomic E-state index is -0.206. The normalized spacial score (nSPS) is 10.3. The minimum Gasteiger partial charge on any atom is -0.309 e. The van der Waals surface area contributed by atoms with Crippen LogP contribution in [0.1, 0.15) is 11.1 Å². The van der Waals surface area contributed by atoms with E-state index in [9.17, 15) is 4.79 Å². The maximum atomic E-state index is 11.9. The fraction of sp³-hybridized carbons (Fsp3) is 0.154. The van der Waals surface area contributed by atoms with Crippen LogP contribution in [0, 0.1) is 6.92 Å². The summed E-state index contributed by atoms with van der Waals surface area (Å²) in [6.07, 6.45) is 1.50. The van der Waals surface area contributed by atoms with Gasteiger partial charge >= 0.3 is 0 Å². The fourth-order valence-corrected chi connectivity index (χ4v) is 1.90. The number of amides is 1. The van der Waals surface area contributed by atoms with Crippen molar-refractivity contribution in [2.24, 2.45) is 0 Å². The molecule has 0 unspecified atom stereocenters. The molecule has 6 heteroatoms. The van der Waals surface area contributed by atoms with E-state index in [-0.39, 0.29) is 28.3 Å². The van der Waals surface area contributed by atoms with Crippen LogP contribution >= 0.6 is 23.2 Å². The largest absolute Gasteiger partial charge is 0.309 e. The Bertz CT molecular complexity index is 617. The van der Waals surface area contributed by atoms with E-state index in [1.165, 1.54) is 6.33 Å². The van der Waals surface area contributed by atoms with Gasteiger partial charge in [-0.3, -0.25) is 4.79 Å². The SMILES string of the molecule is Cc1cccc(CC(=O)Nc2ncnc(Cl)c2Cl)c1. The average molecular weight is 296 g/mol. The van der Waals surface area contributed by atoms with Crippen LogP contribution in [0.2, 0.25) is 10.2 Å². The lowest BCUT2D eigenvalue weighted by atomic mass is 10.1. The first kappa shape index (κ1) is 13.8. The van der Waals surface area contributed by atoms with Crippen LogP contribution in [0.25, 0.3) is 0 Å². The summed E-state index contributed by atoms with van der Waals surface area (Å²) < 4.78 is 0. The van der Waals surface area contributed by atoms with Crippen molar-refractivity contribution >= 4 is 34.9 Å². The number of rotatable bonds is 3. The van der Waals surface area contributed by atoms with Gasteiger partial charge < -0.3 is 5.32 Å². The first-order chi connectivity index (χ1) is 9.06. The summed E-state index contributed by atoms with van der Waals surface area (Å²) >= 11 is 11.6. The van der Waals surface area contributed by atoms with Gasteiger partial charge in [0.15, 0.2) is 11.0 Å². The maximum Gasteiger partial charge on any atom is 0.229 e. The van der Waals surface area contributed by atoms with Crippen molar-refractivity contribution in [3.8, 4) is 0 Å². The second-order valence-corrected chi connectivity index (χ2v) is 4.78. The third kappa shape index (κ3) is 3.66. The van der Waals surface area contributed by atoms with E-state index in [0.717, 1.165) is 11.1 Å². The zero-order valence-electron chi connectivity index (χ0n) is 10.2. The summed E-state index contributed by atoms with van der Waals surface area (Å²) in [4.78, 5) is 19.5. The number of aromatic nitrogens is 2. The van der Waals surface area contributed by atoms with Crippen LogP contribution in [-0.2, 0) is 11.2 Å². The van der Waals surface area contributed by atoms with E-state index in [1.54, 1.807) is 0 Å². The Morgan fingerprint density at radius 2 is 2.11 bits per heavy atom. The summed E-state index contributed by atoms with van der Waals surface area (Å²) in [7, 11) is 0. The van der Waals surface area contributed by atoms with Crippen LogP contribution in [0.5, 0.6) is 0 Å². The van der Waals surface area contributed by atoms with Gasteiger partial charge in [-0.2, -0.15) is 0 Å². The third-order valence-electron chi connectivity index (χ3n) is 2.45. The van der Waals surface area contributed by atoms with Crippen LogP contribution in [0.3, 0.4) is 0 Å². The molecule has 1 heterocycles. The molecule has 98 valence electrons. The van der Waals surface area contributed by atoms with Crippen molar-refractivity contribution in [1.29, 1.82) is 0 Å². The molecular formula is C13H11Cl2N3O. The summed E-state index contributed by atoms with van der Waals surface area (Å²) in [5.41, 5.74) is 2.03. The molecule has 0 saturated heterocycles. The lowest BCUT2D eigenvalue weighted by Gasteiger charge is -2.07. The zero-order chi connectivity index (χ0) is 13.8. The molecule has 0 saturated carbocycles. The Kier molecular flexibility index (Phi) is 4.35. The molecule has 0 aliphatic carbocycles. The molecule has 2 aromatic rings. The van der Waals surface area contributed by atoms with Crippen molar-refractivity contribution in [2.45, 2.75) is 13.3 Å². The van der Waals surface area contributed by atoms with Gasteiger partial charge in [0.25, 0.3) is 0 Å². The summed E-state index contributed by atoms with van der Waals surface area (Å²) in [5.74, 6) is 0.0154. The molecule has 1 aromatic carbocycles. The van der Waals surface area contributed by atoms with E-state index in [0.29, 0.717) is 0 Å². The minimum absolute atomic E-state index is 0.113. The molecule has 0 atom stereocenters. The highest BCUT2D eigenvalue weighted by Crippen LogP contribution is 2.25. The van der Waals surface area contributed by atoms with E-state index >= 15 is 0 Å². The lowest BCUT2D eigenvalue weighted by Crippen LogP contribution is -2.16. The molecule has 0 aliphatic rings. The number of carbonyl (C=O) groups excluding carboxylic acids is 1. The first-order valence-corrected chi connectivity index (χ1v) is 6.33.